The van der Waals surface area contributed by atoms with Crippen LogP contribution in [-0.2, 0) is 13.0 Å². The van der Waals surface area contributed by atoms with Crippen molar-refractivity contribution in [3.05, 3.63) is 89.7 Å². The van der Waals surface area contributed by atoms with Crippen molar-refractivity contribution in [2.24, 2.45) is 0 Å². The number of carbonyl (C=O) groups is 1. The summed E-state index contributed by atoms with van der Waals surface area (Å²) in [7, 11) is 0. The number of benzene rings is 2. The topological polar surface area (TPSA) is 45.2 Å². The molecule has 4 heteroatoms. The zero-order chi connectivity index (χ0) is 19.1. The number of nitrogens with one attached hydrogen (secondary N) is 1. The summed E-state index contributed by atoms with van der Waals surface area (Å²) in [5.74, 6) is -0.149. The van der Waals surface area contributed by atoms with Crippen LogP contribution in [0.1, 0.15) is 35.3 Å². The molecule has 0 bridgehead atoms. The zero-order valence-corrected chi connectivity index (χ0v) is 15.9. The average Bonchev–Trinajstić information content (AvgIpc) is 2.73. The molecule has 1 N–H and O–H groups in total. The number of anilines is 2. The van der Waals surface area contributed by atoms with Crippen LogP contribution in [0.15, 0.2) is 73.1 Å². The molecule has 27 heavy (non-hydrogen) atoms. The van der Waals surface area contributed by atoms with Crippen molar-refractivity contribution in [2.45, 2.75) is 26.8 Å². The predicted molar refractivity (Wildman–Crippen MR) is 111 cm³/mol. The van der Waals surface area contributed by atoms with Gasteiger partial charge in [-0.2, -0.15) is 0 Å². The van der Waals surface area contributed by atoms with Crippen molar-refractivity contribution >= 4 is 17.3 Å². The molecular formula is C23H25N3O. The fourth-order valence-electron chi connectivity index (χ4n) is 2.94. The van der Waals surface area contributed by atoms with Crippen molar-refractivity contribution in [1.82, 2.24) is 4.98 Å². The second-order valence-corrected chi connectivity index (χ2v) is 6.44. The second kappa shape index (κ2) is 8.99. The molecule has 0 unspecified atom stereocenters. The van der Waals surface area contributed by atoms with Crippen molar-refractivity contribution in [2.75, 3.05) is 16.8 Å². The number of carbonyl (C=O) groups excluding carboxylic acids is 1. The molecule has 0 saturated heterocycles. The Balaban J connectivity index is 1.73. The van der Waals surface area contributed by atoms with Crippen LogP contribution < -0.4 is 10.2 Å². The molecule has 0 spiro atoms. The van der Waals surface area contributed by atoms with Gasteiger partial charge in [-0.3, -0.25) is 9.78 Å². The van der Waals surface area contributed by atoms with Gasteiger partial charge in [0, 0.05) is 25.0 Å². The minimum absolute atomic E-state index is 0.149. The van der Waals surface area contributed by atoms with Crippen LogP contribution in [0.2, 0.25) is 0 Å². The van der Waals surface area contributed by atoms with Crippen LogP contribution in [0.25, 0.3) is 0 Å². The van der Waals surface area contributed by atoms with Gasteiger partial charge in [-0.1, -0.05) is 49.4 Å². The van der Waals surface area contributed by atoms with E-state index in [1.54, 1.807) is 12.4 Å². The van der Waals surface area contributed by atoms with Gasteiger partial charge in [0.15, 0.2) is 0 Å². The molecule has 1 heterocycles. The Bertz CT molecular complexity index is 876. The maximum absolute atomic E-state index is 12.6. The van der Waals surface area contributed by atoms with E-state index in [1.165, 1.54) is 11.1 Å². The second-order valence-electron chi connectivity index (χ2n) is 6.44. The highest BCUT2D eigenvalue weighted by molar-refractivity contribution is 6.04. The third-order valence-corrected chi connectivity index (χ3v) is 4.57. The van der Waals surface area contributed by atoms with Crippen molar-refractivity contribution in [3.8, 4) is 0 Å². The summed E-state index contributed by atoms with van der Waals surface area (Å²) in [5.41, 5.74) is 4.76. The lowest BCUT2D eigenvalue weighted by molar-refractivity contribution is 0.102. The van der Waals surface area contributed by atoms with E-state index in [0.717, 1.165) is 30.9 Å². The number of hydrogen-bond acceptors (Lipinski definition) is 3. The molecule has 0 aliphatic heterocycles. The normalized spacial score (nSPS) is 10.4. The van der Waals surface area contributed by atoms with E-state index in [-0.39, 0.29) is 5.91 Å². The quantitative estimate of drug-likeness (QED) is 0.651. The molecule has 138 valence electrons. The lowest BCUT2D eigenvalue weighted by Gasteiger charge is -2.23. The Kier molecular flexibility index (Phi) is 6.21. The summed E-state index contributed by atoms with van der Waals surface area (Å²) in [6.07, 6.45) is 4.39. The largest absolute Gasteiger partial charge is 0.366 e. The molecular weight excluding hydrogens is 334 g/mol. The highest BCUT2D eigenvalue weighted by Crippen LogP contribution is 2.19. The number of pyridine rings is 1. The Hall–Kier alpha value is -3.14. The van der Waals surface area contributed by atoms with Crippen LogP contribution in [0.3, 0.4) is 0 Å². The summed E-state index contributed by atoms with van der Waals surface area (Å²) in [6.45, 7) is 5.83. The summed E-state index contributed by atoms with van der Waals surface area (Å²) in [6, 6.07) is 20.1. The first-order valence-electron chi connectivity index (χ1n) is 9.33. The van der Waals surface area contributed by atoms with Gasteiger partial charge in [-0.15, -0.1) is 0 Å². The molecule has 4 nitrogen and oxygen atoms in total. The molecule has 0 radical (unpaired) electrons. The lowest BCUT2D eigenvalue weighted by atomic mass is 10.1. The van der Waals surface area contributed by atoms with Gasteiger partial charge in [-0.25, -0.2) is 0 Å². The number of amides is 1. The average molecular weight is 359 g/mol. The summed E-state index contributed by atoms with van der Waals surface area (Å²) < 4.78 is 0. The van der Waals surface area contributed by atoms with E-state index >= 15 is 0 Å². The van der Waals surface area contributed by atoms with E-state index in [0.29, 0.717) is 5.56 Å². The lowest BCUT2D eigenvalue weighted by Crippen LogP contribution is -2.23. The van der Waals surface area contributed by atoms with Crippen molar-refractivity contribution in [1.29, 1.82) is 0 Å². The van der Waals surface area contributed by atoms with Crippen LogP contribution >= 0.6 is 0 Å². The van der Waals surface area contributed by atoms with E-state index in [4.69, 9.17) is 0 Å². The molecule has 0 aliphatic carbocycles. The first-order valence-corrected chi connectivity index (χ1v) is 9.33. The first-order chi connectivity index (χ1) is 13.2. The monoisotopic (exact) mass is 359 g/mol. The van der Waals surface area contributed by atoms with Gasteiger partial charge in [0.25, 0.3) is 5.91 Å². The predicted octanol–water partition coefficient (Wildman–Crippen LogP) is 4.92. The van der Waals surface area contributed by atoms with Gasteiger partial charge in [0.05, 0.1) is 17.4 Å². The van der Waals surface area contributed by atoms with Crippen LogP contribution in [-0.4, -0.2) is 17.4 Å². The molecule has 3 aromatic rings. The number of aryl methyl sites for hydroxylation is 1. The minimum Gasteiger partial charge on any atom is -0.366 e. The van der Waals surface area contributed by atoms with Gasteiger partial charge in [-0.05, 0) is 42.7 Å². The van der Waals surface area contributed by atoms with Crippen LogP contribution in [0, 0.1) is 0 Å². The highest BCUT2D eigenvalue weighted by Gasteiger charge is 2.11. The molecule has 3 rings (SSSR count). The maximum Gasteiger partial charge on any atom is 0.257 e. The smallest absolute Gasteiger partial charge is 0.257 e. The zero-order valence-electron chi connectivity index (χ0n) is 15.9. The van der Waals surface area contributed by atoms with Crippen molar-refractivity contribution < 1.29 is 4.79 Å². The van der Waals surface area contributed by atoms with Gasteiger partial charge >= 0.3 is 0 Å². The molecule has 2 aromatic carbocycles. The Morgan fingerprint density at radius 1 is 0.963 bits per heavy atom. The summed E-state index contributed by atoms with van der Waals surface area (Å²) in [4.78, 5) is 19.1. The maximum atomic E-state index is 12.6. The van der Waals surface area contributed by atoms with Gasteiger partial charge in [0.2, 0.25) is 0 Å². The number of nitrogens with zero attached hydrogens (tertiary/aromatic N) is 2. The van der Waals surface area contributed by atoms with E-state index in [2.05, 4.69) is 41.2 Å². The third-order valence-electron chi connectivity index (χ3n) is 4.57. The molecule has 0 fully saturated rings. The van der Waals surface area contributed by atoms with Crippen molar-refractivity contribution in [3.63, 3.8) is 0 Å². The van der Waals surface area contributed by atoms with E-state index < -0.39 is 0 Å². The standard InChI is InChI=1S/C23H25N3O/c1-3-18-10-12-21(13-11-18)25-23(27)20-14-22(16-24-15-20)26(4-2)17-19-8-6-5-7-9-19/h5-16H,3-4,17H2,1-2H3,(H,25,27). The van der Waals surface area contributed by atoms with Gasteiger partial charge in [0.1, 0.15) is 0 Å². The molecule has 0 saturated carbocycles. The number of aromatic nitrogens is 1. The summed E-state index contributed by atoms with van der Waals surface area (Å²) >= 11 is 0. The molecule has 1 amide bonds. The summed E-state index contributed by atoms with van der Waals surface area (Å²) in [5, 5.41) is 2.95. The molecule has 0 aliphatic rings. The number of rotatable bonds is 7. The SMILES string of the molecule is CCc1ccc(NC(=O)c2cncc(N(CC)Cc3ccccc3)c2)cc1. The Labute approximate surface area is 160 Å². The number of hydrogen-bond donors (Lipinski definition) is 1. The van der Waals surface area contributed by atoms with E-state index in [9.17, 15) is 4.79 Å². The Morgan fingerprint density at radius 3 is 2.37 bits per heavy atom. The fourth-order valence-corrected chi connectivity index (χ4v) is 2.94. The third kappa shape index (κ3) is 4.94. The van der Waals surface area contributed by atoms with Gasteiger partial charge < -0.3 is 10.2 Å². The first kappa shape index (κ1) is 18.6. The highest BCUT2D eigenvalue weighted by atomic mass is 16.1. The fraction of sp³-hybridized carbons (Fsp3) is 0.217. The minimum atomic E-state index is -0.149. The van der Waals surface area contributed by atoms with E-state index in [1.807, 2.05) is 48.5 Å². The van der Waals surface area contributed by atoms with Crippen LogP contribution in [0.5, 0.6) is 0 Å². The molecule has 1 aromatic heterocycles. The Morgan fingerprint density at radius 2 is 1.70 bits per heavy atom. The molecule has 0 atom stereocenters. The van der Waals surface area contributed by atoms with Crippen LogP contribution in [0.4, 0.5) is 11.4 Å².